The van der Waals surface area contributed by atoms with Crippen LogP contribution < -0.4 is 4.90 Å². The van der Waals surface area contributed by atoms with Gasteiger partial charge < -0.3 is 10.0 Å². The van der Waals surface area contributed by atoms with Gasteiger partial charge in [0.1, 0.15) is 5.75 Å². The van der Waals surface area contributed by atoms with Gasteiger partial charge in [0.2, 0.25) is 0 Å². The van der Waals surface area contributed by atoms with Crippen molar-refractivity contribution in [1.29, 1.82) is 0 Å². The summed E-state index contributed by atoms with van der Waals surface area (Å²) in [6, 6.07) is 14.4. The molecule has 112 valence electrons. The number of ketones is 1. The average Bonchev–Trinajstić information content (AvgIpc) is 2.50. The molecule has 22 heavy (non-hydrogen) atoms. The molecule has 0 radical (unpaired) electrons. The Morgan fingerprint density at radius 3 is 2.68 bits per heavy atom. The van der Waals surface area contributed by atoms with Crippen molar-refractivity contribution in [2.45, 2.75) is 19.4 Å². The summed E-state index contributed by atoms with van der Waals surface area (Å²) in [6.45, 7) is 1.80. The topological polar surface area (TPSA) is 40.5 Å². The molecule has 1 aliphatic rings. The fourth-order valence-electron chi connectivity index (χ4n) is 2.72. The van der Waals surface area contributed by atoms with Gasteiger partial charge in [-0.3, -0.25) is 4.79 Å². The van der Waals surface area contributed by atoms with Crippen LogP contribution in [-0.2, 0) is 4.79 Å². The number of Topliss-reactive ketones (excluding diaryl/α,β-unsaturated/α-hetero) is 1. The summed E-state index contributed by atoms with van der Waals surface area (Å²) >= 11 is 6.09. The van der Waals surface area contributed by atoms with E-state index in [2.05, 4.69) is 0 Å². The largest absolute Gasteiger partial charge is 0.506 e. The molecule has 1 N–H and O–H groups in total. The zero-order chi connectivity index (χ0) is 15.7. The van der Waals surface area contributed by atoms with E-state index >= 15 is 0 Å². The smallest absolute Gasteiger partial charge is 0.162 e. The highest BCUT2D eigenvalue weighted by atomic mass is 35.5. The number of benzene rings is 2. The molecule has 0 amide bonds. The summed E-state index contributed by atoms with van der Waals surface area (Å²) in [7, 11) is 0. The summed E-state index contributed by atoms with van der Waals surface area (Å²) in [6.07, 6.45) is 2.16. The van der Waals surface area contributed by atoms with E-state index in [-0.39, 0.29) is 17.6 Å². The number of para-hydroxylation sites is 2. The van der Waals surface area contributed by atoms with Gasteiger partial charge in [-0.2, -0.15) is 0 Å². The van der Waals surface area contributed by atoms with Crippen molar-refractivity contribution in [3.63, 3.8) is 0 Å². The molecule has 1 atom stereocenters. The Labute approximate surface area is 134 Å². The number of nitrogens with zero attached hydrogens (tertiary/aromatic N) is 1. The summed E-state index contributed by atoms with van der Waals surface area (Å²) in [5.41, 5.74) is 2.31. The summed E-state index contributed by atoms with van der Waals surface area (Å²) in [4.78, 5) is 14.1. The van der Waals surface area contributed by atoms with E-state index in [0.29, 0.717) is 22.7 Å². The molecular weight excluding hydrogens is 298 g/mol. The molecular formula is C18H16ClNO2. The molecule has 0 unspecified atom stereocenters. The minimum Gasteiger partial charge on any atom is -0.506 e. The van der Waals surface area contributed by atoms with Gasteiger partial charge in [-0.15, -0.1) is 0 Å². The number of hydrogen-bond acceptors (Lipinski definition) is 3. The van der Waals surface area contributed by atoms with Gasteiger partial charge in [0.25, 0.3) is 0 Å². The monoisotopic (exact) mass is 313 g/mol. The van der Waals surface area contributed by atoms with E-state index in [0.717, 1.165) is 5.56 Å². The van der Waals surface area contributed by atoms with Crippen LogP contribution in [0, 0.1) is 0 Å². The van der Waals surface area contributed by atoms with Crippen LogP contribution in [0.15, 0.2) is 60.3 Å². The Morgan fingerprint density at radius 1 is 1.18 bits per heavy atom. The van der Waals surface area contributed by atoms with Gasteiger partial charge in [0.05, 0.1) is 11.7 Å². The normalized spacial score (nSPS) is 18.3. The predicted molar refractivity (Wildman–Crippen MR) is 88.2 cm³/mol. The molecule has 3 nitrogen and oxygen atoms in total. The number of carbonyl (C=O) groups excluding carboxylic acids is 1. The molecule has 0 bridgehead atoms. The Kier molecular flexibility index (Phi) is 3.90. The van der Waals surface area contributed by atoms with Crippen molar-refractivity contribution in [3.05, 3.63) is 70.9 Å². The van der Waals surface area contributed by atoms with Crippen molar-refractivity contribution >= 4 is 23.1 Å². The van der Waals surface area contributed by atoms with E-state index in [4.69, 9.17) is 11.6 Å². The van der Waals surface area contributed by atoms with E-state index < -0.39 is 0 Å². The maximum atomic E-state index is 12.1. The van der Waals surface area contributed by atoms with Crippen molar-refractivity contribution in [2.75, 3.05) is 4.90 Å². The molecule has 3 rings (SSSR count). The first-order valence-electron chi connectivity index (χ1n) is 7.09. The zero-order valence-electron chi connectivity index (χ0n) is 12.2. The lowest BCUT2D eigenvalue weighted by Crippen LogP contribution is -2.31. The van der Waals surface area contributed by atoms with E-state index in [9.17, 15) is 9.90 Å². The number of rotatable bonds is 2. The first kappa shape index (κ1) is 14.7. The summed E-state index contributed by atoms with van der Waals surface area (Å²) < 4.78 is 0. The molecule has 4 heteroatoms. The van der Waals surface area contributed by atoms with Gasteiger partial charge in [0.15, 0.2) is 5.78 Å². The average molecular weight is 314 g/mol. The lowest BCUT2D eigenvalue weighted by atomic mass is 9.93. The lowest BCUT2D eigenvalue weighted by Gasteiger charge is -2.35. The first-order valence-corrected chi connectivity index (χ1v) is 7.47. The fourth-order valence-corrected chi connectivity index (χ4v) is 2.92. The fraction of sp³-hybridized carbons (Fsp3) is 0.167. The number of halogens is 1. The third-order valence-electron chi connectivity index (χ3n) is 3.88. The molecule has 1 aliphatic heterocycles. The predicted octanol–water partition coefficient (Wildman–Crippen LogP) is 4.47. The van der Waals surface area contributed by atoms with Crippen LogP contribution in [0.2, 0.25) is 5.02 Å². The summed E-state index contributed by atoms with van der Waals surface area (Å²) in [5.74, 6) is 0.296. The molecule has 0 aliphatic carbocycles. The number of allylic oxidation sites excluding steroid dienone is 1. The van der Waals surface area contributed by atoms with Crippen molar-refractivity contribution in [2.24, 2.45) is 0 Å². The molecule has 0 saturated heterocycles. The second-order valence-electron chi connectivity index (χ2n) is 5.41. The molecule has 2 aromatic carbocycles. The number of anilines is 1. The SMILES string of the molecule is CC1=CN(c2ccccc2O)[C@H](c2cccc(Cl)c2)CC1=O. The van der Waals surface area contributed by atoms with E-state index in [1.807, 2.05) is 35.2 Å². The van der Waals surface area contributed by atoms with E-state index in [1.165, 1.54) is 0 Å². The van der Waals surface area contributed by atoms with Crippen LogP contribution in [0.1, 0.15) is 24.9 Å². The number of phenolic OH excluding ortho intramolecular Hbond substituents is 1. The minimum atomic E-state index is -0.178. The second-order valence-corrected chi connectivity index (χ2v) is 5.84. The van der Waals surface area contributed by atoms with Crippen LogP contribution in [0.4, 0.5) is 5.69 Å². The van der Waals surface area contributed by atoms with E-state index in [1.54, 1.807) is 31.3 Å². The van der Waals surface area contributed by atoms with Gasteiger partial charge >= 0.3 is 0 Å². The van der Waals surface area contributed by atoms with Crippen LogP contribution in [-0.4, -0.2) is 10.9 Å². The van der Waals surface area contributed by atoms with Crippen molar-refractivity contribution < 1.29 is 9.90 Å². The number of carbonyl (C=O) groups is 1. The molecule has 0 aromatic heterocycles. The van der Waals surface area contributed by atoms with Gasteiger partial charge in [0, 0.05) is 23.2 Å². The quantitative estimate of drug-likeness (QED) is 0.889. The van der Waals surface area contributed by atoms with Crippen LogP contribution in [0.3, 0.4) is 0 Å². The summed E-state index contributed by atoms with van der Waals surface area (Å²) in [5, 5.41) is 10.8. The van der Waals surface area contributed by atoms with Crippen LogP contribution >= 0.6 is 11.6 Å². The number of hydrogen-bond donors (Lipinski definition) is 1. The first-order chi connectivity index (χ1) is 10.6. The van der Waals surface area contributed by atoms with Crippen LogP contribution in [0.5, 0.6) is 5.75 Å². The molecule has 2 aromatic rings. The Hall–Kier alpha value is -2.26. The standard InChI is InChI=1S/C18H16ClNO2/c1-12-11-20(15-7-2-3-8-17(15)21)16(10-18(12)22)13-5-4-6-14(19)9-13/h2-9,11,16,21H,10H2,1H3/t16-/m0/s1. The maximum absolute atomic E-state index is 12.1. The van der Waals surface area contributed by atoms with Gasteiger partial charge in [-0.1, -0.05) is 35.9 Å². The Balaban J connectivity index is 2.10. The highest BCUT2D eigenvalue weighted by molar-refractivity contribution is 6.30. The zero-order valence-corrected chi connectivity index (χ0v) is 12.9. The second kappa shape index (κ2) is 5.85. The number of aromatic hydroxyl groups is 1. The molecule has 0 saturated carbocycles. The van der Waals surface area contributed by atoms with Crippen molar-refractivity contribution in [3.8, 4) is 5.75 Å². The Morgan fingerprint density at radius 2 is 1.95 bits per heavy atom. The maximum Gasteiger partial charge on any atom is 0.162 e. The number of phenols is 1. The highest BCUT2D eigenvalue weighted by Gasteiger charge is 2.29. The third-order valence-corrected chi connectivity index (χ3v) is 4.12. The van der Waals surface area contributed by atoms with Gasteiger partial charge in [-0.25, -0.2) is 0 Å². The molecule has 1 heterocycles. The van der Waals surface area contributed by atoms with Crippen molar-refractivity contribution in [1.82, 2.24) is 0 Å². The van der Waals surface area contributed by atoms with Crippen LogP contribution in [0.25, 0.3) is 0 Å². The highest BCUT2D eigenvalue weighted by Crippen LogP contribution is 2.39. The minimum absolute atomic E-state index is 0.108. The van der Waals surface area contributed by atoms with Gasteiger partial charge in [-0.05, 0) is 36.8 Å². The third kappa shape index (κ3) is 2.72. The molecule has 0 spiro atoms. The lowest BCUT2D eigenvalue weighted by molar-refractivity contribution is -0.116. The Bertz CT molecular complexity index is 754. The molecule has 0 fully saturated rings.